The first kappa shape index (κ1) is 16.0. The molecule has 1 aliphatic rings. The number of para-hydroxylation sites is 1. The van der Waals surface area contributed by atoms with E-state index in [-0.39, 0.29) is 18.1 Å². The Morgan fingerprint density at radius 3 is 2.83 bits per heavy atom. The summed E-state index contributed by atoms with van der Waals surface area (Å²) in [7, 11) is 0. The average molecular weight is 315 g/mol. The molecule has 2 aromatic rings. The van der Waals surface area contributed by atoms with E-state index in [4.69, 9.17) is 4.74 Å². The number of fused-ring (bicyclic) bond motifs is 1. The lowest BCUT2D eigenvalue weighted by Crippen LogP contribution is -2.49. The Hall–Kier alpha value is -1.85. The van der Waals surface area contributed by atoms with Gasteiger partial charge in [-0.1, -0.05) is 18.2 Å². The van der Waals surface area contributed by atoms with E-state index in [2.05, 4.69) is 41.2 Å². The molecule has 124 valence electrons. The third-order valence-electron chi connectivity index (χ3n) is 4.25. The highest BCUT2D eigenvalue weighted by Crippen LogP contribution is 2.17. The van der Waals surface area contributed by atoms with Crippen molar-refractivity contribution in [1.29, 1.82) is 0 Å². The molecular weight excluding hydrogens is 290 g/mol. The van der Waals surface area contributed by atoms with Gasteiger partial charge in [0.25, 0.3) is 0 Å². The maximum absolute atomic E-state index is 12.1. The van der Waals surface area contributed by atoms with Crippen molar-refractivity contribution in [3.63, 3.8) is 0 Å². The summed E-state index contributed by atoms with van der Waals surface area (Å²) in [5, 5.41) is 4.26. The minimum Gasteiger partial charge on any atom is -0.373 e. The Morgan fingerprint density at radius 2 is 2.04 bits per heavy atom. The third-order valence-corrected chi connectivity index (χ3v) is 4.25. The van der Waals surface area contributed by atoms with Gasteiger partial charge in [0.1, 0.15) is 0 Å². The summed E-state index contributed by atoms with van der Waals surface area (Å²) in [6.07, 6.45) is 3.25. The van der Waals surface area contributed by atoms with Crippen LogP contribution in [0.15, 0.2) is 30.5 Å². The van der Waals surface area contributed by atoms with Gasteiger partial charge in [-0.25, -0.2) is 0 Å². The van der Waals surface area contributed by atoms with E-state index in [1.807, 2.05) is 18.3 Å². The smallest absolute Gasteiger partial charge is 0.234 e. The number of carbonyl (C=O) groups excluding carboxylic acids is 1. The van der Waals surface area contributed by atoms with E-state index in [0.717, 1.165) is 25.0 Å². The number of H-pyrrole nitrogens is 1. The van der Waals surface area contributed by atoms with Crippen LogP contribution in [0, 0.1) is 0 Å². The number of aromatic nitrogens is 1. The molecule has 5 heteroatoms. The summed E-state index contributed by atoms with van der Waals surface area (Å²) in [4.78, 5) is 17.5. The van der Waals surface area contributed by atoms with Gasteiger partial charge in [0, 0.05) is 36.7 Å². The fraction of sp³-hybridized carbons (Fsp3) is 0.500. The van der Waals surface area contributed by atoms with E-state index in [1.54, 1.807) is 0 Å². The molecule has 1 saturated heterocycles. The highest BCUT2D eigenvalue weighted by atomic mass is 16.5. The fourth-order valence-electron chi connectivity index (χ4n) is 3.35. The van der Waals surface area contributed by atoms with E-state index in [9.17, 15) is 4.79 Å². The van der Waals surface area contributed by atoms with Crippen molar-refractivity contribution < 1.29 is 9.53 Å². The van der Waals surface area contributed by atoms with Crippen LogP contribution < -0.4 is 5.32 Å². The van der Waals surface area contributed by atoms with Crippen molar-refractivity contribution in [2.24, 2.45) is 0 Å². The van der Waals surface area contributed by atoms with Crippen molar-refractivity contribution in [1.82, 2.24) is 15.2 Å². The van der Waals surface area contributed by atoms with E-state index >= 15 is 0 Å². The number of carbonyl (C=O) groups is 1. The van der Waals surface area contributed by atoms with Crippen LogP contribution in [0.25, 0.3) is 10.9 Å². The molecule has 0 bridgehead atoms. The molecule has 2 atom stereocenters. The zero-order chi connectivity index (χ0) is 16.2. The fourth-order valence-corrected chi connectivity index (χ4v) is 3.35. The van der Waals surface area contributed by atoms with Crippen LogP contribution in [0.5, 0.6) is 0 Å². The zero-order valence-corrected chi connectivity index (χ0v) is 13.8. The number of hydrogen-bond acceptors (Lipinski definition) is 3. The number of amides is 1. The lowest BCUT2D eigenvalue weighted by molar-refractivity contribution is -0.125. The van der Waals surface area contributed by atoms with Gasteiger partial charge in [-0.3, -0.25) is 9.69 Å². The summed E-state index contributed by atoms with van der Waals surface area (Å²) < 4.78 is 5.69. The van der Waals surface area contributed by atoms with Gasteiger partial charge < -0.3 is 15.0 Å². The second kappa shape index (κ2) is 7.15. The topological polar surface area (TPSA) is 57.4 Å². The lowest BCUT2D eigenvalue weighted by atomic mass is 10.1. The number of nitrogens with zero attached hydrogens (tertiary/aromatic N) is 1. The van der Waals surface area contributed by atoms with Gasteiger partial charge in [-0.2, -0.15) is 0 Å². The van der Waals surface area contributed by atoms with Crippen molar-refractivity contribution in [2.45, 2.75) is 32.5 Å². The molecule has 1 fully saturated rings. The summed E-state index contributed by atoms with van der Waals surface area (Å²) in [6.45, 7) is 6.86. The van der Waals surface area contributed by atoms with Gasteiger partial charge in [0.2, 0.25) is 5.91 Å². The Balaban J connectivity index is 1.46. The zero-order valence-electron chi connectivity index (χ0n) is 13.8. The Bertz CT molecular complexity index is 657. The summed E-state index contributed by atoms with van der Waals surface area (Å²) in [5.41, 5.74) is 2.39. The van der Waals surface area contributed by atoms with Crippen molar-refractivity contribution in [2.75, 3.05) is 26.2 Å². The molecule has 1 amide bonds. The maximum atomic E-state index is 12.1. The largest absolute Gasteiger partial charge is 0.373 e. The van der Waals surface area contributed by atoms with Crippen molar-refractivity contribution in [3.8, 4) is 0 Å². The minimum atomic E-state index is 0.0890. The van der Waals surface area contributed by atoms with Crippen LogP contribution >= 0.6 is 0 Å². The van der Waals surface area contributed by atoms with Crippen molar-refractivity contribution >= 4 is 16.8 Å². The highest BCUT2D eigenvalue weighted by Gasteiger charge is 2.23. The molecule has 1 aliphatic heterocycles. The van der Waals surface area contributed by atoms with Gasteiger partial charge in [0.05, 0.1) is 18.8 Å². The quantitative estimate of drug-likeness (QED) is 0.886. The molecule has 0 spiro atoms. The molecule has 5 nitrogen and oxygen atoms in total. The Labute approximate surface area is 137 Å². The first-order valence-electron chi connectivity index (χ1n) is 8.31. The van der Waals surface area contributed by atoms with E-state index in [1.165, 1.54) is 10.9 Å². The predicted molar refractivity (Wildman–Crippen MR) is 91.5 cm³/mol. The average Bonchev–Trinajstić information content (AvgIpc) is 2.90. The number of aromatic amines is 1. The maximum Gasteiger partial charge on any atom is 0.234 e. The second-order valence-corrected chi connectivity index (χ2v) is 6.41. The summed E-state index contributed by atoms with van der Waals surface area (Å²) in [5.74, 6) is 0.0890. The van der Waals surface area contributed by atoms with Gasteiger partial charge >= 0.3 is 0 Å². The molecular formula is C18H25N3O2. The molecule has 2 unspecified atom stereocenters. The molecule has 1 aromatic heterocycles. The normalized spacial score (nSPS) is 22.3. The summed E-state index contributed by atoms with van der Waals surface area (Å²) in [6, 6.07) is 8.24. The number of ether oxygens (including phenoxy) is 1. The monoisotopic (exact) mass is 315 g/mol. The van der Waals surface area contributed by atoms with Crippen LogP contribution in [0.1, 0.15) is 19.4 Å². The third kappa shape index (κ3) is 4.12. The van der Waals surface area contributed by atoms with Gasteiger partial charge in [-0.15, -0.1) is 0 Å². The Kier molecular flexibility index (Phi) is 4.98. The molecule has 2 N–H and O–H groups in total. The lowest BCUT2D eigenvalue weighted by Gasteiger charge is -2.34. The first-order valence-corrected chi connectivity index (χ1v) is 8.31. The van der Waals surface area contributed by atoms with Gasteiger partial charge in [0.15, 0.2) is 0 Å². The molecule has 23 heavy (non-hydrogen) atoms. The second-order valence-electron chi connectivity index (χ2n) is 6.41. The highest BCUT2D eigenvalue weighted by molar-refractivity contribution is 5.83. The SMILES string of the molecule is CC1CN(CC(=O)NCCc2c[nH]c3ccccc23)CC(C)O1. The van der Waals surface area contributed by atoms with Crippen LogP contribution in [-0.4, -0.2) is 54.2 Å². The minimum absolute atomic E-state index is 0.0890. The van der Waals surface area contributed by atoms with E-state index < -0.39 is 0 Å². The predicted octanol–water partition coefficient (Wildman–Crippen LogP) is 1.94. The molecule has 2 heterocycles. The number of morpholine rings is 1. The van der Waals surface area contributed by atoms with Crippen LogP contribution in [0.4, 0.5) is 0 Å². The standard InChI is InChI=1S/C18H25N3O2/c1-13-10-21(11-14(2)23-13)12-18(22)19-8-7-15-9-20-17-6-4-3-5-16(15)17/h3-6,9,13-14,20H,7-8,10-12H2,1-2H3,(H,19,22). The summed E-state index contributed by atoms with van der Waals surface area (Å²) >= 11 is 0. The molecule has 3 rings (SSSR count). The van der Waals surface area contributed by atoms with Crippen LogP contribution in [0.3, 0.4) is 0 Å². The molecule has 0 saturated carbocycles. The van der Waals surface area contributed by atoms with Crippen molar-refractivity contribution in [3.05, 3.63) is 36.0 Å². The number of rotatable bonds is 5. The molecule has 0 aliphatic carbocycles. The number of nitrogens with one attached hydrogen (secondary N) is 2. The van der Waals surface area contributed by atoms with Crippen LogP contribution in [0.2, 0.25) is 0 Å². The first-order chi connectivity index (χ1) is 11.1. The van der Waals surface area contributed by atoms with Crippen LogP contribution in [-0.2, 0) is 16.0 Å². The van der Waals surface area contributed by atoms with Gasteiger partial charge in [-0.05, 0) is 31.9 Å². The molecule has 0 radical (unpaired) electrons. The molecule has 1 aromatic carbocycles. The van der Waals surface area contributed by atoms with E-state index in [0.29, 0.717) is 13.1 Å². The number of hydrogen-bond donors (Lipinski definition) is 2. The Morgan fingerprint density at radius 1 is 1.30 bits per heavy atom. The number of benzene rings is 1.